The maximum Gasteiger partial charge on any atom is 0.233 e. The third kappa shape index (κ3) is 5.04. The second-order valence-corrected chi connectivity index (χ2v) is 7.22. The number of aromatic nitrogens is 2. The second kappa shape index (κ2) is 8.98. The van der Waals surface area contributed by atoms with Crippen molar-refractivity contribution in [3.63, 3.8) is 0 Å². The molecule has 0 unspecified atom stereocenters. The van der Waals surface area contributed by atoms with Crippen molar-refractivity contribution < 1.29 is 4.74 Å². The zero-order chi connectivity index (χ0) is 17.5. The molecule has 0 bridgehead atoms. The Balaban J connectivity index is 1.52. The molecule has 0 saturated heterocycles. The fourth-order valence-electron chi connectivity index (χ4n) is 3.84. The SMILES string of the molecule is CCOc1ccc(-c2ccc(CC[C@H]3CC[C@H](CC)CC3)cc2)nn1. The Labute approximate surface area is 151 Å². The molecule has 1 fully saturated rings. The van der Waals surface area contributed by atoms with Gasteiger partial charge in [-0.2, -0.15) is 0 Å². The highest BCUT2D eigenvalue weighted by atomic mass is 16.5. The maximum absolute atomic E-state index is 5.35. The topological polar surface area (TPSA) is 35.0 Å². The third-order valence-electron chi connectivity index (χ3n) is 5.57. The molecule has 1 aliphatic rings. The van der Waals surface area contributed by atoms with Gasteiger partial charge < -0.3 is 4.74 Å². The molecule has 0 aliphatic heterocycles. The minimum absolute atomic E-state index is 0.584. The van der Waals surface area contributed by atoms with E-state index in [-0.39, 0.29) is 0 Å². The minimum Gasteiger partial charge on any atom is -0.477 e. The molecule has 0 amide bonds. The van der Waals surface area contributed by atoms with Crippen molar-refractivity contribution in [2.75, 3.05) is 6.61 Å². The van der Waals surface area contributed by atoms with E-state index >= 15 is 0 Å². The van der Waals surface area contributed by atoms with Gasteiger partial charge in [0.1, 0.15) is 0 Å². The zero-order valence-corrected chi connectivity index (χ0v) is 15.6. The van der Waals surface area contributed by atoms with Crippen molar-refractivity contribution >= 4 is 0 Å². The van der Waals surface area contributed by atoms with Crippen molar-refractivity contribution in [2.45, 2.75) is 58.8 Å². The van der Waals surface area contributed by atoms with E-state index in [1.54, 1.807) is 0 Å². The van der Waals surface area contributed by atoms with Crippen LogP contribution in [0, 0.1) is 11.8 Å². The first-order chi connectivity index (χ1) is 12.3. The molecule has 0 spiro atoms. The summed E-state index contributed by atoms with van der Waals surface area (Å²) in [5, 5.41) is 8.36. The summed E-state index contributed by atoms with van der Waals surface area (Å²) in [6, 6.07) is 12.7. The van der Waals surface area contributed by atoms with Gasteiger partial charge in [-0.1, -0.05) is 63.3 Å². The second-order valence-electron chi connectivity index (χ2n) is 7.22. The monoisotopic (exact) mass is 338 g/mol. The van der Waals surface area contributed by atoms with Gasteiger partial charge in [0.15, 0.2) is 0 Å². The summed E-state index contributed by atoms with van der Waals surface area (Å²) in [5.41, 5.74) is 3.44. The lowest BCUT2D eigenvalue weighted by Crippen LogP contribution is -2.14. The molecular formula is C22H30N2O. The lowest BCUT2D eigenvalue weighted by Gasteiger charge is -2.27. The summed E-state index contributed by atoms with van der Waals surface area (Å²) in [5.74, 6) is 2.51. The quantitative estimate of drug-likeness (QED) is 0.650. The summed E-state index contributed by atoms with van der Waals surface area (Å²) in [6.45, 7) is 4.90. The van der Waals surface area contributed by atoms with E-state index in [1.165, 1.54) is 50.5 Å². The first-order valence-electron chi connectivity index (χ1n) is 9.84. The lowest BCUT2D eigenvalue weighted by atomic mass is 9.78. The van der Waals surface area contributed by atoms with Gasteiger partial charge in [0.2, 0.25) is 5.88 Å². The van der Waals surface area contributed by atoms with Gasteiger partial charge in [0, 0.05) is 11.6 Å². The van der Waals surface area contributed by atoms with E-state index < -0.39 is 0 Å². The molecule has 0 atom stereocenters. The average Bonchev–Trinajstić information content (AvgIpc) is 2.68. The average molecular weight is 338 g/mol. The van der Waals surface area contributed by atoms with Gasteiger partial charge >= 0.3 is 0 Å². The number of aryl methyl sites for hydroxylation is 1. The molecule has 0 N–H and O–H groups in total. The summed E-state index contributed by atoms with van der Waals surface area (Å²) < 4.78 is 5.35. The fraction of sp³-hybridized carbons (Fsp3) is 0.545. The van der Waals surface area contributed by atoms with E-state index in [2.05, 4.69) is 41.4 Å². The highest BCUT2D eigenvalue weighted by Crippen LogP contribution is 2.33. The van der Waals surface area contributed by atoms with Crippen LogP contribution in [-0.2, 0) is 6.42 Å². The minimum atomic E-state index is 0.584. The van der Waals surface area contributed by atoms with Crippen LogP contribution in [0.15, 0.2) is 36.4 Å². The Hall–Kier alpha value is -1.90. The van der Waals surface area contributed by atoms with Crippen molar-refractivity contribution in [3.8, 4) is 17.1 Å². The Bertz CT molecular complexity index is 628. The van der Waals surface area contributed by atoms with Gasteiger partial charge in [-0.25, -0.2) is 0 Å². The Kier molecular flexibility index (Phi) is 6.43. The number of rotatable bonds is 7. The molecule has 2 aromatic rings. The number of hydrogen-bond donors (Lipinski definition) is 0. The van der Waals surface area contributed by atoms with Gasteiger partial charge in [0.05, 0.1) is 12.3 Å². The molecule has 1 aromatic carbocycles. The predicted molar refractivity (Wildman–Crippen MR) is 103 cm³/mol. The predicted octanol–water partition coefficient (Wildman–Crippen LogP) is 5.69. The molecule has 3 nitrogen and oxygen atoms in total. The molecule has 1 heterocycles. The third-order valence-corrected chi connectivity index (χ3v) is 5.57. The molecule has 3 rings (SSSR count). The fourth-order valence-corrected chi connectivity index (χ4v) is 3.84. The highest BCUT2D eigenvalue weighted by Gasteiger charge is 2.19. The normalized spacial score (nSPS) is 20.4. The number of benzene rings is 1. The highest BCUT2D eigenvalue weighted by molar-refractivity contribution is 5.58. The maximum atomic E-state index is 5.35. The summed E-state index contributed by atoms with van der Waals surface area (Å²) in [6.07, 6.45) is 9.63. The van der Waals surface area contributed by atoms with Crippen LogP contribution < -0.4 is 4.74 Å². The van der Waals surface area contributed by atoms with Gasteiger partial charge in [-0.15, -0.1) is 10.2 Å². The Morgan fingerprint density at radius 1 is 0.880 bits per heavy atom. The van der Waals surface area contributed by atoms with Crippen LogP contribution in [-0.4, -0.2) is 16.8 Å². The van der Waals surface area contributed by atoms with Gasteiger partial charge in [-0.05, 0) is 43.2 Å². The van der Waals surface area contributed by atoms with Crippen LogP contribution in [0.3, 0.4) is 0 Å². The van der Waals surface area contributed by atoms with E-state index in [0.717, 1.165) is 23.1 Å². The van der Waals surface area contributed by atoms with Crippen LogP contribution in [0.25, 0.3) is 11.3 Å². The molecule has 1 saturated carbocycles. The standard InChI is InChI=1S/C22H30N2O/c1-3-17-5-7-18(8-6-17)9-10-19-11-13-20(14-12-19)21-15-16-22(24-23-21)25-4-2/h11-18H,3-10H2,1-2H3/t17-,18-. The van der Waals surface area contributed by atoms with E-state index in [1.807, 2.05) is 19.1 Å². The molecule has 3 heteroatoms. The molecule has 25 heavy (non-hydrogen) atoms. The van der Waals surface area contributed by atoms with Crippen LogP contribution >= 0.6 is 0 Å². The Morgan fingerprint density at radius 2 is 1.60 bits per heavy atom. The number of nitrogens with zero attached hydrogens (tertiary/aromatic N) is 2. The van der Waals surface area contributed by atoms with Gasteiger partial charge in [0.25, 0.3) is 0 Å². The molecule has 1 aliphatic carbocycles. The van der Waals surface area contributed by atoms with E-state index in [4.69, 9.17) is 4.74 Å². The van der Waals surface area contributed by atoms with Crippen LogP contribution in [0.5, 0.6) is 5.88 Å². The largest absolute Gasteiger partial charge is 0.477 e. The van der Waals surface area contributed by atoms with Gasteiger partial charge in [-0.3, -0.25) is 0 Å². The van der Waals surface area contributed by atoms with Crippen LogP contribution in [0.4, 0.5) is 0 Å². The van der Waals surface area contributed by atoms with Crippen molar-refractivity contribution in [1.82, 2.24) is 10.2 Å². The molecule has 134 valence electrons. The molecule has 1 aromatic heterocycles. The van der Waals surface area contributed by atoms with Crippen molar-refractivity contribution in [1.29, 1.82) is 0 Å². The lowest BCUT2D eigenvalue weighted by molar-refractivity contribution is 0.259. The summed E-state index contributed by atoms with van der Waals surface area (Å²) >= 11 is 0. The van der Waals surface area contributed by atoms with Crippen LogP contribution in [0.2, 0.25) is 0 Å². The summed E-state index contributed by atoms with van der Waals surface area (Å²) in [4.78, 5) is 0. The molecular weight excluding hydrogens is 308 g/mol. The van der Waals surface area contributed by atoms with Crippen molar-refractivity contribution in [2.24, 2.45) is 11.8 Å². The van der Waals surface area contributed by atoms with E-state index in [9.17, 15) is 0 Å². The number of hydrogen-bond acceptors (Lipinski definition) is 3. The smallest absolute Gasteiger partial charge is 0.233 e. The first kappa shape index (κ1) is 17.9. The number of ether oxygens (including phenoxy) is 1. The zero-order valence-electron chi connectivity index (χ0n) is 15.6. The first-order valence-corrected chi connectivity index (χ1v) is 9.84. The van der Waals surface area contributed by atoms with E-state index in [0.29, 0.717) is 12.5 Å². The summed E-state index contributed by atoms with van der Waals surface area (Å²) in [7, 11) is 0. The Morgan fingerprint density at radius 3 is 2.20 bits per heavy atom. The van der Waals surface area contributed by atoms with Crippen LogP contribution in [0.1, 0.15) is 57.9 Å². The molecule has 0 radical (unpaired) electrons. The van der Waals surface area contributed by atoms with Crippen molar-refractivity contribution in [3.05, 3.63) is 42.0 Å².